The van der Waals surface area contributed by atoms with Crippen molar-refractivity contribution >= 4 is 26.8 Å². The number of sulfonamides is 1. The van der Waals surface area contributed by atoms with E-state index in [1.54, 1.807) is 0 Å². The first-order chi connectivity index (χ1) is 17.3. The maximum Gasteiger partial charge on any atom is 0.221 e. The van der Waals surface area contributed by atoms with Gasteiger partial charge in [-0.1, -0.05) is 30.3 Å². The molecular weight excluding hydrogens is 480 g/mol. The third kappa shape index (κ3) is 5.96. The molecule has 0 bridgehead atoms. The highest BCUT2D eigenvalue weighted by Crippen LogP contribution is 2.37. The van der Waals surface area contributed by atoms with E-state index in [9.17, 15) is 13.2 Å². The van der Waals surface area contributed by atoms with Crippen LogP contribution in [0, 0.1) is 0 Å². The van der Waals surface area contributed by atoms with E-state index in [2.05, 4.69) is 16.4 Å². The number of hydrogen-bond donors (Lipinski definition) is 5. The Hall–Kier alpha value is -2.76. The van der Waals surface area contributed by atoms with Crippen LogP contribution in [-0.2, 0) is 21.2 Å². The molecule has 0 saturated carbocycles. The van der Waals surface area contributed by atoms with Gasteiger partial charge in [0.2, 0.25) is 15.9 Å². The quantitative estimate of drug-likeness (QED) is 0.261. The van der Waals surface area contributed by atoms with Crippen LogP contribution >= 0.6 is 0 Å². The number of aliphatic hydroxyl groups excluding tert-OH is 2. The van der Waals surface area contributed by atoms with E-state index >= 15 is 0 Å². The molecule has 36 heavy (non-hydrogen) atoms. The SMILES string of the molecule is NC(=O)Cc1cc(-c2ccccc2)cc2c(C3CCN(S(=O)(=O)CCNC(CO)CO)CC3)c[nH]c12. The smallest absolute Gasteiger partial charge is 0.221 e. The summed E-state index contributed by atoms with van der Waals surface area (Å²) in [5, 5.41) is 22.2. The van der Waals surface area contributed by atoms with E-state index in [4.69, 9.17) is 15.9 Å². The second kappa shape index (κ2) is 11.5. The number of H-pyrrole nitrogens is 1. The Morgan fingerprint density at radius 1 is 1.11 bits per heavy atom. The van der Waals surface area contributed by atoms with Crippen LogP contribution in [0.3, 0.4) is 0 Å². The minimum absolute atomic E-state index is 0.0852. The first-order valence-corrected chi connectivity index (χ1v) is 13.8. The summed E-state index contributed by atoms with van der Waals surface area (Å²) in [6, 6.07) is 13.6. The van der Waals surface area contributed by atoms with Gasteiger partial charge in [-0.15, -0.1) is 0 Å². The van der Waals surface area contributed by atoms with Gasteiger partial charge < -0.3 is 26.2 Å². The van der Waals surface area contributed by atoms with E-state index < -0.39 is 22.0 Å². The number of piperidine rings is 1. The molecule has 1 aliphatic rings. The lowest BCUT2D eigenvalue weighted by Crippen LogP contribution is -2.43. The highest BCUT2D eigenvalue weighted by Gasteiger charge is 2.30. The second-order valence-corrected chi connectivity index (χ2v) is 11.4. The number of hydrogen-bond acceptors (Lipinski definition) is 6. The Morgan fingerprint density at radius 2 is 1.81 bits per heavy atom. The molecular formula is C26H34N4O5S. The molecule has 1 amide bonds. The van der Waals surface area contributed by atoms with Gasteiger partial charge in [-0.25, -0.2) is 12.7 Å². The van der Waals surface area contributed by atoms with Crippen LogP contribution in [0.25, 0.3) is 22.0 Å². The summed E-state index contributed by atoms with van der Waals surface area (Å²) in [5.41, 5.74) is 10.5. The number of aromatic amines is 1. The van der Waals surface area contributed by atoms with Crippen molar-refractivity contribution < 1.29 is 23.4 Å². The largest absolute Gasteiger partial charge is 0.395 e. The number of nitrogens with zero attached hydrogens (tertiary/aromatic N) is 1. The first-order valence-electron chi connectivity index (χ1n) is 12.2. The van der Waals surface area contributed by atoms with E-state index in [1.165, 1.54) is 4.31 Å². The maximum absolute atomic E-state index is 12.8. The average Bonchev–Trinajstić information content (AvgIpc) is 3.31. The topological polar surface area (TPSA) is 149 Å². The third-order valence-electron chi connectivity index (χ3n) is 6.90. The number of rotatable bonds is 11. The second-order valence-electron chi connectivity index (χ2n) is 9.32. The zero-order chi connectivity index (χ0) is 25.7. The summed E-state index contributed by atoms with van der Waals surface area (Å²) in [6.45, 7) is 0.520. The fraction of sp³-hybridized carbons (Fsp3) is 0.423. The summed E-state index contributed by atoms with van der Waals surface area (Å²) in [4.78, 5) is 15.1. The standard InChI is InChI=1S/C26H34N4O5S/c27-25(33)14-21-12-20(18-4-2-1-3-5-18)13-23-24(15-29-26(21)23)19-6-9-30(10-7-19)36(34,35)11-8-28-22(16-31)17-32/h1-5,12-13,15,19,22,28-29,31-32H,6-11,14,16-17H2,(H2,27,33). The molecule has 9 nitrogen and oxygen atoms in total. The lowest BCUT2D eigenvalue weighted by molar-refractivity contribution is -0.117. The molecule has 1 aromatic heterocycles. The van der Waals surface area contributed by atoms with Gasteiger partial charge >= 0.3 is 0 Å². The van der Waals surface area contributed by atoms with Crippen LogP contribution in [0.1, 0.15) is 29.9 Å². The predicted molar refractivity (Wildman–Crippen MR) is 140 cm³/mol. The number of carbonyl (C=O) groups is 1. The van der Waals surface area contributed by atoms with Gasteiger partial charge in [0.1, 0.15) is 0 Å². The molecule has 0 radical (unpaired) electrons. The fourth-order valence-corrected chi connectivity index (χ4v) is 6.34. The van der Waals surface area contributed by atoms with Crippen LogP contribution in [0.2, 0.25) is 0 Å². The van der Waals surface area contributed by atoms with E-state index in [0.717, 1.165) is 33.2 Å². The number of aromatic nitrogens is 1. The first kappa shape index (κ1) is 26.3. The molecule has 2 heterocycles. The van der Waals surface area contributed by atoms with Crippen molar-refractivity contribution in [1.82, 2.24) is 14.6 Å². The van der Waals surface area contributed by atoms with Gasteiger partial charge in [0.05, 0.1) is 31.4 Å². The zero-order valence-corrected chi connectivity index (χ0v) is 21.0. The summed E-state index contributed by atoms with van der Waals surface area (Å²) in [5.74, 6) is -0.295. The van der Waals surface area contributed by atoms with Crippen molar-refractivity contribution in [2.24, 2.45) is 5.73 Å². The van der Waals surface area contributed by atoms with Gasteiger partial charge in [-0.05, 0) is 53.1 Å². The minimum atomic E-state index is -3.44. The monoisotopic (exact) mass is 514 g/mol. The number of primary amides is 1. The molecule has 1 saturated heterocycles. The molecule has 6 N–H and O–H groups in total. The van der Waals surface area contributed by atoms with Gasteiger partial charge in [0, 0.05) is 36.7 Å². The molecule has 3 aromatic rings. The van der Waals surface area contributed by atoms with Crippen molar-refractivity contribution in [3.05, 3.63) is 59.8 Å². The molecule has 2 aromatic carbocycles. The molecule has 0 atom stereocenters. The number of nitrogens with one attached hydrogen (secondary N) is 2. The zero-order valence-electron chi connectivity index (χ0n) is 20.2. The minimum Gasteiger partial charge on any atom is -0.395 e. The summed E-state index contributed by atoms with van der Waals surface area (Å²) < 4.78 is 27.1. The van der Waals surface area contributed by atoms with Crippen LogP contribution in [0.4, 0.5) is 0 Å². The number of nitrogens with two attached hydrogens (primary N) is 1. The van der Waals surface area contributed by atoms with Crippen LogP contribution in [0.15, 0.2) is 48.7 Å². The van der Waals surface area contributed by atoms with Gasteiger partial charge in [-0.2, -0.15) is 0 Å². The Labute approximate surface area is 211 Å². The summed E-state index contributed by atoms with van der Waals surface area (Å²) >= 11 is 0. The Balaban J connectivity index is 1.52. The lowest BCUT2D eigenvalue weighted by Gasteiger charge is -2.31. The van der Waals surface area contributed by atoms with Crippen molar-refractivity contribution in [3.63, 3.8) is 0 Å². The Morgan fingerprint density at radius 3 is 2.44 bits per heavy atom. The number of fused-ring (bicyclic) bond motifs is 1. The lowest BCUT2D eigenvalue weighted by atomic mass is 9.88. The molecule has 1 aliphatic heterocycles. The fourth-order valence-electron chi connectivity index (χ4n) is 4.94. The highest BCUT2D eigenvalue weighted by molar-refractivity contribution is 7.89. The molecule has 0 unspecified atom stereocenters. The van der Waals surface area contributed by atoms with E-state index in [0.29, 0.717) is 25.9 Å². The van der Waals surface area contributed by atoms with Crippen molar-refractivity contribution in [3.8, 4) is 11.1 Å². The van der Waals surface area contributed by atoms with Crippen molar-refractivity contribution in [1.29, 1.82) is 0 Å². The summed E-state index contributed by atoms with van der Waals surface area (Å²) in [7, 11) is -3.44. The highest BCUT2D eigenvalue weighted by atomic mass is 32.2. The van der Waals surface area contributed by atoms with E-state index in [-0.39, 0.29) is 37.9 Å². The third-order valence-corrected chi connectivity index (χ3v) is 8.77. The van der Waals surface area contributed by atoms with E-state index in [1.807, 2.05) is 42.6 Å². The summed E-state index contributed by atoms with van der Waals surface area (Å²) in [6.07, 6.45) is 3.49. The van der Waals surface area contributed by atoms with Gasteiger partial charge in [0.15, 0.2) is 0 Å². The molecule has 0 spiro atoms. The number of aliphatic hydroxyl groups is 2. The van der Waals surface area contributed by atoms with Crippen LogP contribution < -0.4 is 11.1 Å². The molecule has 1 fully saturated rings. The molecule has 0 aliphatic carbocycles. The van der Waals surface area contributed by atoms with Crippen LogP contribution in [-0.4, -0.2) is 78.5 Å². The number of amides is 1. The molecule has 4 rings (SSSR count). The Kier molecular flexibility index (Phi) is 8.43. The molecule has 194 valence electrons. The van der Waals surface area contributed by atoms with Crippen molar-refractivity contribution in [2.75, 3.05) is 38.6 Å². The normalized spacial score (nSPS) is 15.6. The van der Waals surface area contributed by atoms with Gasteiger partial charge in [-0.3, -0.25) is 4.79 Å². The predicted octanol–water partition coefficient (Wildman–Crippen LogP) is 1.31. The molecule has 10 heteroatoms. The maximum atomic E-state index is 12.8. The van der Waals surface area contributed by atoms with Crippen LogP contribution in [0.5, 0.6) is 0 Å². The Bertz CT molecular complexity index is 1280. The van der Waals surface area contributed by atoms with Crippen molar-refractivity contribution in [2.45, 2.75) is 31.2 Å². The number of benzene rings is 2. The number of carbonyl (C=O) groups excluding carboxylic acids is 1. The van der Waals surface area contributed by atoms with Gasteiger partial charge in [0.25, 0.3) is 0 Å². The average molecular weight is 515 g/mol.